The quantitative estimate of drug-likeness (QED) is 0.884. The van der Waals surface area contributed by atoms with Crippen molar-refractivity contribution >= 4 is 11.5 Å². The van der Waals surface area contributed by atoms with Crippen LogP contribution in [0.5, 0.6) is 5.75 Å². The molecule has 2 aromatic rings. The Labute approximate surface area is 113 Å². The minimum atomic E-state index is 0.262. The van der Waals surface area contributed by atoms with Crippen LogP contribution in [0.4, 0.5) is 11.5 Å². The molecule has 4 heteroatoms. The van der Waals surface area contributed by atoms with E-state index in [-0.39, 0.29) is 5.75 Å². The lowest BCUT2D eigenvalue weighted by atomic mass is 10.1. The van der Waals surface area contributed by atoms with Crippen LogP contribution in [-0.4, -0.2) is 16.6 Å². The van der Waals surface area contributed by atoms with Crippen molar-refractivity contribution in [1.29, 1.82) is 0 Å². The first-order chi connectivity index (χ1) is 9.15. The number of hydrogen-bond acceptors (Lipinski definition) is 4. The second kappa shape index (κ2) is 5.71. The molecule has 0 spiro atoms. The molecule has 0 aliphatic carbocycles. The number of benzene rings is 1. The van der Waals surface area contributed by atoms with Gasteiger partial charge in [-0.15, -0.1) is 0 Å². The maximum absolute atomic E-state index is 9.65. The van der Waals surface area contributed by atoms with E-state index in [4.69, 9.17) is 5.73 Å². The van der Waals surface area contributed by atoms with Gasteiger partial charge in [0.25, 0.3) is 0 Å². The van der Waals surface area contributed by atoms with Crippen molar-refractivity contribution in [3.05, 3.63) is 47.7 Å². The molecule has 19 heavy (non-hydrogen) atoms. The van der Waals surface area contributed by atoms with E-state index >= 15 is 0 Å². The Balaban J connectivity index is 2.40. The molecule has 4 nitrogen and oxygen atoms in total. The number of phenolic OH excluding ortho intramolecular Hbond substituents is 1. The van der Waals surface area contributed by atoms with Gasteiger partial charge in [0.15, 0.2) is 0 Å². The molecule has 2 rings (SSSR count). The smallest absolute Gasteiger partial charge is 0.132 e. The Morgan fingerprint density at radius 1 is 1.26 bits per heavy atom. The maximum atomic E-state index is 9.65. The van der Waals surface area contributed by atoms with E-state index in [0.29, 0.717) is 6.54 Å². The molecule has 1 aromatic heterocycles. The lowest BCUT2D eigenvalue weighted by Gasteiger charge is -2.24. The van der Waals surface area contributed by atoms with Crippen molar-refractivity contribution in [1.82, 2.24) is 4.98 Å². The summed E-state index contributed by atoms with van der Waals surface area (Å²) in [4.78, 5) is 6.50. The van der Waals surface area contributed by atoms with Crippen LogP contribution in [-0.2, 0) is 6.54 Å². The topological polar surface area (TPSA) is 62.4 Å². The molecule has 0 aliphatic heterocycles. The van der Waals surface area contributed by atoms with Crippen LogP contribution in [0.2, 0.25) is 0 Å². The molecule has 0 saturated heterocycles. The van der Waals surface area contributed by atoms with Gasteiger partial charge < -0.3 is 15.7 Å². The van der Waals surface area contributed by atoms with Gasteiger partial charge in [-0.1, -0.05) is 12.1 Å². The van der Waals surface area contributed by atoms with E-state index in [1.54, 1.807) is 18.3 Å². The number of aromatic nitrogens is 1. The monoisotopic (exact) mass is 257 g/mol. The van der Waals surface area contributed by atoms with E-state index in [1.165, 1.54) is 0 Å². The summed E-state index contributed by atoms with van der Waals surface area (Å²) in [6.45, 7) is 5.34. The number of pyridine rings is 1. The summed E-state index contributed by atoms with van der Waals surface area (Å²) in [5, 5.41) is 9.65. The molecule has 0 aliphatic rings. The zero-order valence-corrected chi connectivity index (χ0v) is 11.3. The Hall–Kier alpha value is -2.07. The average molecular weight is 257 g/mol. The minimum Gasteiger partial charge on any atom is -0.508 e. The molecule has 0 radical (unpaired) electrons. The fourth-order valence-electron chi connectivity index (χ4n) is 2.04. The summed E-state index contributed by atoms with van der Waals surface area (Å²) < 4.78 is 0. The highest BCUT2D eigenvalue weighted by molar-refractivity contribution is 5.65. The van der Waals surface area contributed by atoms with Crippen LogP contribution < -0.4 is 10.6 Å². The Kier molecular flexibility index (Phi) is 4.02. The molecular formula is C15H19N3O. The third kappa shape index (κ3) is 2.85. The molecule has 0 fully saturated rings. The lowest BCUT2D eigenvalue weighted by molar-refractivity contribution is 0.475. The van der Waals surface area contributed by atoms with E-state index in [0.717, 1.165) is 29.2 Å². The van der Waals surface area contributed by atoms with E-state index in [9.17, 15) is 5.11 Å². The van der Waals surface area contributed by atoms with Gasteiger partial charge in [0.2, 0.25) is 0 Å². The van der Waals surface area contributed by atoms with Gasteiger partial charge in [0.1, 0.15) is 11.6 Å². The number of anilines is 2. The molecule has 3 N–H and O–H groups in total. The fraction of sp³-hybridized carbons (Fsp3) is 0.267. The van der Waals surface area contributed by atoms with Gasteiger partial charge in [-0.25, -0.2) is 4.98 Å². The Bertz CT molecular complexity index is 552. The van der Waals surface area contributed by atoms with Crippen LogP contribution in [0.15, 0.2) is 36.5 Å². The zero-order chi connectivity index (χ0) is 13.8. The fourth-order valence-corrected chi connectivity index (χ4v) is 2.04. The van der Waals surface area contributed by atoms with Crippen LogP contribution >= 0.6 is 0 Å². The van der Waals surface area contributed by atoms with Gasteiger partial charge in [0.05, 0.1) is 0 Å². The van der Waals surface area contributed by atoms with Crippen molar-refractivity contribution in [2.75, 3.05) is 11.4 Å². The number of aryl methyl sites for hydroxylation is 1. The zero-order valence-electron chi connectivity index (χ0n) is 11.3. The van der Waals surface area contributed by atoms with E-state index in [2.05, 4.69) is 16.8 Å². The highest BCUT2D eigenvalue weighted by atomic mass is 16.3. The Morgan fingerprint density at radius 3 is 2.63 bits per heavy atom. The van der Waals surface area contributed by atoms with Crippen LogP contribution in [0.25, 0.3) is 0 Å². The summed E-state index contributed by atoms with van der Waals surface area (Å²) in [6.07, 6.45) is 1.79. The number of aromatic hydroxyl groups is 1. The highest BCUT2D eigenvalue weighted by Crippen LogP contribution is 2.29. The lowest BCUT2D eigenvalue weighted by Crippen LogP contribution is -2.18. The third-order valence-corrected chi connectivity index (χ3v) is 3.12. The molecule has 0 bridgehead atoms. The van der Waals surface area contributed by atoms with Gasteiger partial charge in [0, 0.05) is 31.0 Å². The summed E-state index contributed by atoms with van der Waals surface area (Å²) >= 11 is 0. The Morgan fingerprint density at radius 2 is 2.05 bits per heavy atom. The molecule has 0 amide bonds. The van der Waals surface area contributed by atoms with Gasteiger partial charge in [-0.05, 0) is 37.1 Å². The van der Waals surface area contributed by atoms with Crippen molar-refractivity contribution < 1.29 is 5.11 Å². The highest BCUT2D eigenvalue weighted by Gasteiger charge is 2.11. The van der Waals surface area contributed by atoms with Crippen LogP contribution in [0.3, 0.4) is 0 Å². The first-order valence-corrected chi connectivity index (χ1v) is 6.38. The minimum absolute atomic E-state index is 0.262. The normalized spacial score (nSPS) is 10.5. The predicted molar refractivity (Wildman–Crippen MR) is 77.7 cm³/mol. The number of rotatable bonds is 4. The summed E-state index contributed by atoms with van der Waals surface area (Å²) in [5.41, 5.74) is 8.65. The van der Waals surface area contributed by atoms with Crippen LogP contribution in [0.1, 0.15) is 18.1 Å². The second-order valence-corrected chi connectivity index (χ2v) is 4.44. The number of nitrogens with zero attached hydrogens (tertiary/aromatic N) is 2. The maximum Gasteiger partial charge on any atom is 0.132 e. The van der Waals surface area contributed by atoms with Gasteiger partial charge >= 0.3 is 0 Å². The average Bonchev–Trinajstić information content (AvgIpc) is 2.44. The van der Waals surface area contributed by atoms with Crippen molar-refractivity contribution in [3.8, 4) is 5.75 Å². The van der Waals surface area contributed by atoms with Crippen molar-refractivity contribution in [3.63, 3.8) is 0 Å². The number of nitrogens with two attached hydrogens (primary N) is 1. The van der Waals surface area contributed by atoms with Gasteiger partial charge in [-0.2, -0.15) is 0 Å². The summed E-state index contributed by atoms with van der Waals surface area (Å²) in [5.74, 6) is 1.12. The van der Waals surface area contributed by atoms with Gasteiger partial charge in [-0.3, -0.25) is 0 Å². The first-order valence-electron chi connectivity index (χ1n) is 6.38. The largest absolute Gasteiger partial charge is 0.508 e. The van der Waals surface area contributed by atoms with Crippen LogP contribution in [0, 0.1) is 6.92 Å². The summed E-state index contributed by atoms with van der Waals surface area (Å²) in [7, 11) is 0. The number of hydrogen-bond donors (Lipinski definition) is 2. The first kappa shape index (κ1) is 13.4. The SMILES string of the molecule is CCN(c1ccc(CN)cn1)c1cc(O)ccc1C. The summed E-state index contributed by atoms with van der Waals surface area (Å²) in [6, 6.07) is 9.29. The molecule has 0 unspecified atom stereocenters. The number of phenols is 1. The standard InChI is InChI=1S/C15H19N3O/c1-3-18(14-8-13(19)6-4-11(14)2)15-7-5-12(9-16)10-17-15/h4-8,10,19H,3,9,16H2,1-2H3. The molecule has 0 saturated carbocycles. The molecule has 1 heterocycles. The molecule has 100 valence electrons. The van der Waals surface area contributed by atoms with E-state index < -0.39 is 0 Å². The van der Waals surface area contributed by atoms with E-state index in [1.807, 2.05) is 25.1 Å². The molecule has 1 aromatic carbocycles. The van der Waals surface area contributed by atoms with Crippen molar-refractivity contribution in [2.45, 2.75) is 20.4 Å². The second-order valence-electron chi connectivity index (χ2n) is 4.44. The molecular weight excluding hydrogens is 238 g/mol. The molecule has 0 atom stereocenters. The van der Waals surface area contributed by atoms with Crippen molar-refractivity contribution in [2.24, 2.45) is 5.73 Å². The predicted octanol–water partition coefficient (Wildman–Crippen LogP) is 2.71. The third-order valence-electron chi connectivity index (χ3n) is 3.12.